The van der Waals surface area contributed by atoms with E-state index in [2.05, 4.69) is 30.0 Å². The van der Waals surface area contributed by atoms with E-state index in [1.165, 1.54) is 32.4 Å². The Hall–Kier alpha value is -1.85. The second kappa shape index (κ2) is 9.07. The van der Waals surface area contributed by atoms with E-state index in [9.17, 15) is 14.4 Å². The fourth-order valence-electron chi connectivity index (χ4n) is 8.40. The second-order valence-electron chi connectivity index (χ2n) is 11.5. The molecule has 1 N–H and O–H groups in total. The van der Waals surface area contributed by atoms with Crippen molar-refractivity contribution < 1.29 is 23.9 Å². The van der Waals surface area contributed by atoms with Gasteiger partial charge in [-0.2, -0.15) is 0 Å². The fraction of sp³-hybridized carbons (Fsp3) is 0.815. The maximum Gasteiger partial charge on any atom is 0.325 e. The minimum Gasteiger partial charge on any atom is -0.468 e. The molecule has 0 spiro atoms. The second-order valence-corrected chi connectivity index (χ2v) is 11.5. The molecule has 4 aliphatic carbocycles. The molecule has 0 aromatic rings. The highest BCUT2D eigenvalue weighted by molar-refractivity contribution is 5.83. The van der Waals surface area contributed by atoms with Crippen molar-refractivity contribution >= 4 is 17.8 Å². The average Bonchev–Trinajstić information content (AvgIpc) is 3.13. The van der Waals surface area contributed by atoms with Gasteiger partial charge in [0.2, 0.25) is 5.91 Å². The van der Waals surface area contributed by atoms with E-state index in [0.29, 0.717) is 23.7 Å². The molecule has 0 aliphatic heterocycles. The standard InChI is InChI=1S/C27H41NO5/c1-16(25(31)28-15-24(30)32-5)21-8-9-22-20-7-6-18-14-19(33-17(2)29)10-12-26(18,3)23(20)11-13-27(21,22)4/h6,16,19-23H,7-15H2,1-5H3,(H,28,31)/t16-,19-,20?,21+,22-,23-,26-,27+/m0/s1. The molecule has 3 fully saturated rings. The largest absolute Gasteiger partial charge is 0.468 e. The van der Waals surface area contributed by atoms with Crippen molar-refractivity contribution in [3.05, 3.63) is 11.6 Å². The molecule has 0 saturated heterocycles. The Morgan fingerprint density at radius 2 is 1.88 bits per heavy atom. The van der Waals surface area contributed by atoms with Crippen LogP contribution in [0.2, 0.25) is 0 Å². The molecule has 0 radical (unpaired) electrons. The summed E-state index contributed by atoms with van der Waals surface area (Å²) in [5, 5.41) is 2.78. The molecule has 1 amide bonds. The van der Waals surface area contributed by atoms with Gasteiger partial charge in [-0.1, -0.05) is 32.4 Å². The molecule has 6 heteroatoms. The van der Waals surface area contributed by atoms with Crippen LogP contribution in [-0.4, -0.2) is 37.6 Å². The van der Waals surface area contributed by atoms with E-state index in [1.807, 2.05) is 6.92 Å². The van der Waals surface area contributed by atoms with Crippen LogP contribution >= 0.6 is 0 Å². The van der Waals surface area contributed by atoms with Crippen molar-refractivity contribution in [2.24, 2.45) is 40.4 Å². The summed E-state index contributed by atoms with van der Waals surface area (Å²) in [6.07, 6.45) is 11.2. The van der Waals surface area contributed by atoms with E-state index in [-0.39, 0.29) is 41.3 Å². The zero-order valence-corrected chi connectivity index (χ0v) is 20.9. The lowest BCUT2D eigenvalue weighted by molar-refractivity contribution is -0.148. The van der Waals surface area contributed by atoms with Crippen LogP contribution in [0.4, 0.5) is 0 Å². The molecule has 4 rings (SSSR count). The fourth-order valence-corrected chi connectivity index (χ4v) is 8.40. The van der Waals surface area contributed by atoms with E-state index in [1.54, 1.807) is 0 Å². The van der Waals surface area contributed by atoms with Crippen molar-refractivity contribution in [3.63, 3.8) is 0 Å². The lowest BCUT2D eigenvalue weighted by atomic mass is 9.47. The van der Waals surface area contributed by atoms with Crippen molar-refractivity contribution in [2.75, 3.05) is 13.7 Å². The monoisotopic (exact) mass is 459 g/mol. The number of carbonyl (C=O) groups is 3. The van der Waals surface area contributed by atoms with Gasteiger partial charge in [-0.15, -0.1) is 0 Å². The molecule has 0 bridgehead atoms. The van der Waals surface area contributed by atoms with Crippen molar-refractivity contribution in [3.8, 4) is 0 Å². The summed E-state index contributed by atoms with van der Waals surface area (Å²) < 4.78 is 10.2. The smallest absolute Gasteiger partial charge is 0.325 e. The first-order chi connectivity index (χ1) is 15.6. The first-order valence-corrected chi connectivity index (χ1v) is 12.8. The van der Waals surface area contributed by atoms with Crippen LogP contribution in [0.15, 0.2) is 11.6 Å². The Morgan fingerprint density at radius 3 is 2.58 bits per heavy atom. The third-order valence-corrected chi connectivity index (χ3v) is 10.1. The molecular formula is C27H41NO5. The molecule has 0 heterocycles. The van der Waals surface area contributed by atoms with Gasteiger partial charge in [0, 0.05) is 19.3 Å². The highest BCUT2D eigenvalue weighted by Gasteiger charge is 2.59. The molecule has 0 aromatic carbocycles. The van der Waals surface area contributed by atoms with Gasteiger partial charge in [-0.25, -0.2) is 0 Å². The number of esters is 2. The summed E-state index contributed by atoms with van der Waals surface area (Å²) in [7, 11) is 1.34. The molecule has 1 unspecified atom stereocenters. The van der Waals surface area contributed by atoms with Crippen LogP contribution in [0.25, 0.3) is 0 Å². The van der Waals surface area contributed by atoms with Crippen LogP contribution in [0.1, 0.15) is 79.1 Å². The highest BCUT2D eigenvalue weighted by Crippen LogP contribution is 2.67. The quantitative estimate of drug-likeness (QED) is 0.486. The SMILES string of the molecule is COC(=O)CNC(=O)[C@@H](C)[C@H]1CC[C@H]2C3CC=C4C[C@@H](OC(C)=O)CC[C@]4(C)[C@H]3CC[C@]12C. The maximum absolute atomic E-state index is 12.8. The number of hydrogen-bond acceptors (Lipinski definition) is 5. The van der Waals surface area contributed by atoms with Crippen LogP contribution in [0.5, 0.6) is 0 Å². The molecule has 184 valence electrons. The highest BCUT2D eigenvalue weighted by atomic mass is 16.5. The van der Waals surface area contributed by atoms with Crippen LogP contribution in [-0.2, 0) is 23.9 Å². The number of fused-ring (bicyclic) bond motifs is 5. The normalized spacial score (nSPS) is 40.4. The Labute approximate surface area is 198 Å². The zero-order chi connectivity index (χ0) is 24.0. The van der Waals surface area contributed by atoms with Gasteiger partial charge in [0.15, 0.2) is 0 Å². The number of rotatable bonds is 5. The lowest BCUT2D eigenvalue weighted by Crippen LogP contribution is -2.51. The number of methoxy groups -OCH3 is 1. The van der Waals surface area contributed by atoms with E-state index < -0.39 is 5.97 Å². The Kier molecular flexibility index (Phi) is 6.67. The molecule has 8 atom stereocenters. The molecular weight excluding hydrogens is 418 g/mol. The van der Waals surface area contributed by atoms with Gasteiger partial charge in [-0.3, -0.25) is 14.4 Å². The summed E-state index contributed by atoms with van der Waals surface area (Å²) in [6.45, 7) is 8.37. The summed E-state index contributed by atoms with van der Waals surface area (Å²) in [5.74, 6) is 1.61. The van der Waals surface area contributed by atoms with Crippen molar-refractivity contribution in [1.82, 2.24) is 5.32 Å². The van der Waals surface area contributed by atoms with Crippen LogP contribution in [0, 0.1) is 40.4 Å². The lowest BCUT2D eigenvalue weighted by Gasteiger charge is -2.58. The Balaban J connectivity index is 1.48. The molecule has 0 aromatic heterocycles. The molecule has 3 saturated carbocycles. The summed E-state index contributed by atoms with van der Waals surface area (Å²) in [6, 6.07) is 0. The number of amides is 1. The van der Waals surface area contributed by atoms with E-state index in [0.717, 1.165) is 38.5 Å². The Bertz CT molecular complexity index is 836. The van der Waals surface area contributed by atoms with Gasteiger partial charge in [-0.05, 0) is 79.4 Å². The third kappa shape index (κ3) is 4.23. The number of allylic oxidation sites excluding steroid dienone is 1. The van der Waals surface area contributed by atoms with Crippen LogP contribution in [0.3, 0.4) is 0 Å². The third-order valence-electron chi connectivity index (χ3n) is 10.1. The van der Waals surface area contributed by atoms with Crippen molar-refractivity contribution in [2.45, 2.75) is 85.2 Å². The predicted molar refractivity (Wildman–Crippen MR) is 125 cm³/mol. The number of carbonyl (C=O) groups excluding carboxylic acids is 3. The minimum absolute atomic E-state index is 0.0315. The number of hydrogen-bond donors (Lipinski definition) is 1. The van der Waals surface area contributed by atoms with E-state index >= 15 is 0 Å². The Morgan fingerprint density at radius 1 is 1.12 bits per heavy atom. The van der Waals surface area contributed by atoms with Crippen LogP contribution < -0.4 is 5.32 Å². The summed E-state index contributed by atoms with van der Waals surface area (Å²) in [4.78, 5) is 35.8. The zero-order valence-electron chi connectivity index (χ0n) is 20.9. The summed E-state index contributed by atoms with van der Waals surface area (Å²) in [5.41, 5.74) is 1.89. The van der Waals surface area contributed by atoms with Gasteiger partial charge in [0.1, 0.15) is 12.6 Å². The topological polar surface area (TPSA) is 81.7 Å². The predicted octanol–water partition coefficient (Wildman–Crippen LogP) is 4.42. The summed E-state index contributed by atoms with van der Waals surface area (Å²) >= 11 is 0. The molecule has 33 heavy (non-hydrogen) atoms. The first kappa shape index (κ1) is 24.3. The van der Waals surface area contributed by atoms with Gasteiger partial charge < -0.3 is 14.8 Å². The van der Waals surface area contributed by atoms with E-state index in [4.69, 9.17) is 4.74 Å². The average molecular weight is 460 g/mol. The number of ether oxygens (including phenoxy) is 2. The number of nitrogens with one attached hydrogen (secondary N) is 1. The van der Waals surface area contributed by atoms with Crippen molar-refractivity contribution in [1.29, 1.82) is 0 Å². The molecule has 6 nitrogen and oxygen atoms in total. The van der Waals surface area contributed by atoms with Gasteiger partial charge in [0.05, 0.1) is 7.11 Å². The van der Waals surface area contributed by atoms with Gasteiger partial charge in [0.25, 0.3) is 0 Å². The maximum atomic E-state index is 12.8. The first-order valence-electron chi connectivity index (χ1n) is 12.8. The molecule has 4 aliphatic rings. The minimum atomic E-state index is -0.409. The van der Waals surface area contributed by atoms with Gasteiger partial charge >= 0.3 is 11.9 Å².